The normalized spacial score (nSPS) is 13.5. The molecule has 0 amide bonds. The van der Waals surface area contributed by atoms with Gasteiger partial charge in [-0.15, -0.1) is 0 Å². The highest BCUT2D eigenvalue weighted by Gasteiger charge is 2.46. The Morgan fingerprint density at radius 1 is 0.812 bits per heavy atom. The molecule has 1 nitrogen and oxygen atoms in total. The van der Waals surface area contributed by atoms with Crippen molar-refractivity contribution in [3.05, 3.63) is 0 Å². The largest absolute Gasteiger partial charge is 0.411 e. The highest BCUT2D eigenvalue weighted by atomic mass is 79.9. The summed E-state index contributed by atoms with van der Waals surface area (Å²) in [5, 5.41) is 1.83. The summed E-state index contributed by atoms with van der Waals surface area (Å²) in [5.41, 5.74) is 1.98. The molecule has 4 heteroatoms. The number of rotatable bonds is 7. The van der Waals surface area contributed by atoms with Crippen molar-refractivity contribution in [1.82, 2.24) is 0 Å². The average Bonchev–Trinajstić information content (AvgIpc) is 2.18. The van der Waals surface area contributed by atoms with E-state index in [-0.39, 0.29) is 0 Å². The molecule has 0 aliphatic heterocycles. The smallest absolute Gasteiger partial charge is 0.200 e. The van der Waals surface area contributed by atoms with Gasteiger partial charge in [0.1, 0.15) is 0 Å². The van der Waals surface area contributed by atoms with Crippen molar-refractivity contribution in [3.8, 4) is 0 Å². The standard InChI is InChI=1S/C12H26Br2OSi/c1-9(2)16(10(3)4,11(5)6)15-12(7-13)8-14/h9-12H,7-8H2,1-6H3. The predicted octanol–water partition coefficient (Wildman–Crippen LogP) is 5.34. The molecule has 0 aromatic carbocycles. The van der Waals surface area contributed by atoms with Crippen LogP contribution in [0.15, 0.2) is 0 Å². The monoisotopic (exact) mass is 372 g/mol. The van der Waals surface area contributed by atoms with Crippen molar-refractivity contribution in [3.63, 3.8) is 0 Å². The lowest BCUT2D eigenvalue weighted by Crippen LogP contribution is -2.50. The second-order valence-corrected chi connectivity index (χ2v) is 12.1. The quantitative estimate of drug-likeness (QED) is 0.432. The lowest BCUT2D eigenvalue weighted by Gasteiger charge is -2.44. The molecule has 0 saturated heterocycles. The van der Waals surface area contributed by atoms with Crippen LogP contribution in [0.1, 0.15) is 41.5 Å². The lowest BCUT2D eigenvalue weighted by molar-refractivity contribution is 0.219. The summed E-state index contributed by atoms with van der Waals surface area (Å²) in [6, 6.07) is 0. The third kappa shape index (κ3) is 3.82. The molecule has 0 bridgehead atoms. The molecule has 0 aromatic heterocycles. The molecular weight excluding hydrogens is 348 g/mol. The van der Waals surface area contributed by atoms with Gasteiger partial charge in [-0.2, -0.15) is 0 Å². The van der Waals surface area contributed by atoms with Crippen molar-refractivity contribution < 1.29 is 4.43 Å². The first-order chi connectivity index (χ1) is 7.32. The zero-order valence-electron chi connectivity index (χ0n) is 11.4. The van der Waals surface area contributed by atoms with E-state index < -0.39 is 8.32 Å². The Labute approximate surface area is 119 Å². The minimum Gasteiger partial charge on any atom is -0.411 e. The molecule has 0 N–H and O–H groups in total. The summed E-state index contributed by atoms with van der Waals surface area (Å²) in [6.07, 6.45) is 0.305. The first-order valence-electron chi connectivity index (χ1n) is 6.12. The molecule has 0 atom stereocenters. The van der Waals surface area contributed by atoms with E-state index in [1.807, 2.05) is 0 Å². The molecule has 98 valence electrons. The maximum Gasteiger partial charge on any atom is 0.200 e. The second-order valence-electron chi connectivity index (χ2n) is 5.37. The van der Waals surface area contributed by atoms with Gasteiger partial charge in [-0.25, -0.2) is 0 Å². The van der Waals surface area contributed by atoms with E-state index in [9.17, 15) is 0 Å². The van der Waals surface area contributed by atoms with Crippen LogP contribution in [0.5, 0.6) is 0 Å². The van der Waals surface area contributed by atoms with Crippen LogP contribution in [-0.2, 0) is 4.43 Å². The van der Waals surface area contributed by atoms with Gasteiger partial charge in [-0.1, -0.05) is 73.4 Å². The van der Waals surface area contributed by atoms with E-state index in [4.69, 9.17) is 4.43 Å². The van der Waals surface area contributed by atoms with Crippen molar-refractivity contribution in [2.75, 3.05) is 10.7 Å². The van der Waals surface area contributed by atoms with E-state index in [0.717, 1.165) is 10.7 Å². The summed E-state index contributed by atoms with van der Waals surface area (Å²) in [7, 11) is -1.69. The first kappa shape index (κ1) is 17.1. The Hall–Kier alpha value is 1.14. The van der Waals surface area contributed by atoms with Crippen LogP contribution >= 0.6 is 31.9 Å². The van der Waals surface area contributed by atoms with Crippen molar-refractivity contribution in [2.24, 2.45) is 0 Å². The summed E-state index contributed by atoms with van der Waals surface area (Å²) in [6.45, 7) is 14.0. The Bertz CT molecular complexity index is 170. The van der Waals surface area contributed by atoms with Crippen LogP contribution < -0.4 is 0 Å². The second kappa shape index (κ2) is 7.55. The maximum absolute atomic E-state index is 6.57. The van der Waals surface area contributed by atoms with Gasteiger partial charge in [0.25, 0.3) is 0 Å². The average molecular weight is 374 g/mol. The molecule has 0 saturated carbocycles. The highest BCUT2D eigenvalue weighted by molar-refractivity contribution is 9.09. The Balaban J connectivity index is 5.04. The minimum atomic E-state index is -1.69. The number of alkyl halides is 2. The van der Waals surface area contributed by atoms with Crippen LogP contribution in [0.3, 0.4) is 0 Å². The van der Waals surface area contributed by atoms with Gasteiger partial charge in [-0.05, 0) is 16.6 Å². The van der Waals surface area contributed by atoms with Crippen LogP contribution in [0.25, 0.3) is 0 Å². The number of hydrogen-bond donors (Lipinski definition) is 0. The fourth-order valence-electron chi connectivity index (χ4n) is 2.80. The number of hydrogen-bond acceptors (Lipinski definition) is 1. The summed E-state index contributed by atoms with van der Waals surface area (Å²) >= 11 is 7.09. The lowest BCUT2D eigenvalue weighted by atomic mass is 10.5. The van der Waals surface area contributed by atoms with Gasteiger partial charge < -0.3 is 4.43 Å². The number of halogens is 2. The van der Waals surface area contributed by atoms with Gasteiger partial charge in [-0.3, -0.25) is 0 Å². The summed E-state index contributed by atoms with van der Waals surface area (Å²) in [5.74, 6) is 0. The van der Waals surface area contributed by atoms with E-state index in [1.165, 1.54) is 0 Å². The Morgan fingerprint density at radius 3 is 1.31 bits per heavy atom. The zero-order valence-corrected chi connectivity index (χ0v) is 15.6. The van der Waals surface area contributed by atoms with E-state index in [1.54, 1.807) is 0 Å². The molecule has 0 heterocycles. The molecule has 0 rings (SSSR count). The Morgan fingerprint density at radius 2 is 1.12 bits per heavy atom. The molecular formula is C12H26Br2OSi. The molecule has 16 heavy (non-hydrogen) atoms. The van der Waals surface area contributed by atoms with Gasteiger partial charge in [0.05, 0.1) is 6.10 Å². The third-order valence-corrected chi connectivity index (χ3v) is 11.0. The maximum atomic E-state index is 6.57. The van der Waals surface area contributed by atoms with Gasteiger partial charge in [0.15, 0.2) is 0 Å². The van der Waals surface area contributed by atoms with Crippen LogP contribution in [0.4, 0.5) is 0 Å². The molecule has 0 radical (unpaired) electrons. The zero-order chi connectivity index (χ0) is 12.9. The summed E-state index contributed by atoms with van der Waals surface area (Å²) < 4.78 is 6.57. The van der Waals surface area contributed by atoms with Crippen LogP contribution in [-0.4, -0.2) is 25.1 Å². The molecule has 0 spiro atoms. The highest BCUT2D eigenvalue weighted by Crippen LogP contribution is 2.43. The SMILES string of the molecule is CC(C)[Si](OC(CBr)CBr)(C(C)C)C(C)C. The molecule has 0 aromatic rings. The predicted molar refractivity (Wildman–Crippen MR) is 83.5 cm³/mol. The van der Waals surface area contributed by atoms with Gasteiger partial charge in [0.2, 0.25) is 8.32 Å². The minimum absolute atomic E-state index is 0.305. The van der Waals surface area contributed by atoms with E-state index in [2.05, 4.69) is 73.4 Å². The molecule has 0 aliphatic carbocycles. The fourth-order valence-corrected chi connectivity index (χ4v) is 10.2. The van der Waals surface area contributed by atoms with Gasteiger partial charge >= 0.3 is 0 Å². The van der Waals surface area contributed by atoms with E-state index in [0.29, 0.717) is 22.7 Å². The van der Waals surface area contributed by atoms with Gasteiger partial charge in [0, 0.05) is 10.7 Å². The van der Waals surface area contributed by atoms with E-state index >= 15 is 0 Å². The topological polar surface area (TPSA) is 9.23 Å². The van der Waals surface area contributed by atoms with Crippen molar-refractivity contribution >= 4 is 40.2 Å². The van der Waals surface area contributed by atoms with Crippen molar-refractivity contribution in [2.45, 2.75) is 64.3 Å². The first-order valence-corrected chi connectivity index (χ1v) is 10.5. The fraction of sp³-hybridized carbons (Fsp3) is 1.00. The molecule has 0 fully saturated rings. The van der Waals surface area contributed by atoms with Crippen LogP contribution in [0.2, 0.25) is 16.6 Å². The Kier molecular flexibility index (Phi) is 8.08. The van der Waals surface area contributed by atoms with Crippen LogP contribution in [0, 0.1) is 0 Å². The third-order valence-electron chi connectivity index (χ3n) is 3.42. The van der Waals surface area contributed by atoms with Crippen molar-refractivity contribution in [1.29, 1.82) is 0 Å². The summed E-state index contributed by atoms with van der Waals surface area (Å²) in [4.78, 5) is 0. The molecule has 0 unspecified atom stereocenters. The molecule has 0 aliphatic rings.